The van der Waals surface area contributed by atoms with Gasteiger partial charge in [0.05, 0.1) is 0 Å². The molecule has 0 aliphatic heterocycles. The van der Waals surface area contributed by atoms with Crippen molar-refractivity contribution < 1.29 is 8.42 Å². The summed E-state index contributed by atoms with van der Waals surface area (Å²) in [6, 6.07) is 14.6. The van der Waals surface area contributed by atoms with Gasteiger partial charge in [-0.2, -0.15) is 0 Å². The average Bonchev–Trinajstić information content (AvgIpc) is 2.78. The number of benzene rings is 2. The summed E-state index contributed by atoms with van der Waals surface area (Å²) in [6.45, 7) is 1.94. The van der Waals surface area contributed by atoms with Crippen molar-refractivity contribution in [2.45, 2.75) is 11.8 Å². The van der Waals surface area contributed by atoms with Gasteiger partial charge in [-0.05, 0) is 0 Å². The van der Waals surface area contributed by atoms with E-state index in [4.69, 9.17) is 0 Å². The molecule has 3 nitrogen and oxygen atoms in total. The van der Waals surface area contributed by atoms with E-state index in [0.717, 1.165) is 20.0 Å². The molecular formula is C15H15NO2SSn. The number of hydrogen-bond donors (Lipinski definition) is 0. The maximum absolute atomic E-state index is 12.8. The number of nitrogens with zero attached hydrogens (tertiary/aromatic N) is 1. The summed E-state index contributed by atoms with van der Waals surface area (Å²) in [5.74, 6) is 0. The fourth-order valence-electron chi connectivity index (χ4n) is 2.34. The van der Waals surface area contributed by atoms with Crippen LogP contribution in [0.3, 0.4) is 0 Å². The molecule has 0 amide bonds. The monoisotopic (exact) mass is 393 g/mol. The van der Waals surface area contributed by atoms with Crippen molar-refractivity contribution in [2.24, 2.45) is 0 Å². The molecule has 0 saturated carbocycles. The molecule has 102 valence electrons. The SMILES string of the molecule is Cc1ccc(S(=O)(=O)n2c[c]([SnH3])c3ccccc32)cc1. The zero-order valence-corrected chi connectivity index (χ0v) is 17.9. The first-order chi connectivity index (χ1) is 9.50. The van der Waals surface area contributed by atoms with Gasteiger partial charge in [-0.15, -0.1) is 0 Å². The summed E-state index contributed by atoms with van der Waals surface area (Å²) >= 11 is 0.253. The van der Waals surface area contributed by atoms with Crippen LogP contribution in [0.4, 0.5) is 0 Å². The van der Waals surface area contributed by atoms with Gasteiger partial charge < -0.3 is 0 Å². The normalized spacial score (nSPS) is 12.1. The van der Waals surface area contributed by atoms with E-state index in [1.807, 2.05) is 43.3 Å². The molecule has 0 bridgehead atoms. The Morgan fingerprint density at radius 2 is 1.65 bits per heavy atom. The number of fused-ring (bicyclic) bond motifs is 1. The molecule has 0 spiro atoms. The molecule has 0 unspecified atom stereocenters. The van der Waals surface area contributed by atoms with Crippen LogP contribution in [-0.4, -0.2) is 34.9 Å². The fourth-order valence-corrected chi connectivity index (χ4v) is 6.24. The second-order valence-corrected chi connectivity index (χ2v) is 9.83. The first kappa shape index (κ1) is 13.7. The Kier molecular flexibility index (Phi) is 3.38. The summed E-state index contributed by atoms with van der Waals surface area (Å²) in [5, 5.41) is 1.05. The van der Waals surface area contributed by atoms with Crippen molar-refractivity contribution in [3.63, 3.8) is 0 Å². The summed E-state index contributed by atoms with van der Waals surface area (Å²) < 4.78 is 28.1. The predicted octanol–water partition coefficient (Wildman–Crippen LogP) is 1.18. The van der Waals surface area contributed by atoms with Gasteiger partial charge in [-0.3, -0.25) is 0 Å². The molecular weight excluding hydrogens is 377 g/mol. The van der Waals surface area contributed by atoms with Gasteiger partial charge in [0.1, 0.15) is 0 Å². The van der Waals surface area contributed by atoms with E-state index in [-0.39, 0.29) is 22.5 Å². The molecule has 3 rings (SSSR count). The van der Waals surface area contributed by atoms with E-state index in [9.17, 15) is 8.42 Å². The van der Waals surface area contributed by atoms with Gasteiger partial charge in [0, 0.05) is 0 Å². The van der Waals surface area contributed by atoms with Crippen molar-refractivity contribution in [1.82, 2.24) is 3.97 Å². The third-order valence-corrected chi connectivity index (χ3v) is 7.42. The summed E-state index contributed by atoms with van der Waals surface area (Å²) in [5.41, 5.74) is 1.82. The van der Waals surface area contributed by atoms with E-state index in [1.165, 1.54) is 3.97 Å². The topological polar surface area (TPSA) is 39.1 Å². The predicted molar refractivity (Wildman–Crippen MR) is 85.3 cm³/mol. The molecule has 0 atom stereocenters. The molecule has 3 aromatic rings. The van der Waals surface area contributed by atoms with E-state index < -0.39 is 10.0 Å². The second kappa shape index (κ2) is 4.93. The van der Waals surface area contributed by atoms with Crippen molar-refractivity contribution in [1.29, 1.82) is 0 Å². The maximum atomic E-state index is 12.8. The quantitative estimate of drug-likeness (QED) is 0.615. The van der Waals surface area contributed by atoms with Gasteiger partial charge in [0.15, 0.2) is 0 Å². The fraction of sp³-hybridized carbons (Fsp3) is 0.0667. The molecule has 0 fully saturated rings. The summed E-state index contributed by atoms with van der Waals surface area (Å²) in [6.07, 6.45) is 1.77. The van der Waals surface area contributed by atoms with Crippen LogP contribution >= 0.6 is 0 Å². The first-order valence-electron chi connectivity index (χ1n) is 6.39. The number of aromatic nitrogens is 1. The zero-order valence-electron chi connectivity index (χ0n) is 11.4. The Labute approximate surface area is 131 Å². The second-order valence-electron chi connectivity index (χ2n) is 4.94. The molecule has 0 saturated heterocycles. The van der Waals surface area contributed by atoms with E-state index in [1.54, 1.807) is 18.3 Å². The van der Waals surface area contributed by atoms with Gasteiger partial charge in [0.25, 0.3) is 0 Å². The Bertz CT molecular complexity index is 880. The number of rotatable bonds is 2. The van der Waals surface area contributed by atoms with Gasteiger partial charge >= 0.3 is 132 Å². The number of hydrogen-bond acceptors (Lipinski definition) is 2. The molecule has 0 N–H and O–H groups in total. The van der Waals surface area contributed by atoms with Crippen LogP contribution in [0, 0.1) is 6.92 Å². The van der Waals surface area contributed by atoms with Crippen molar-refractivity contribution in [3.05, 3.63) is 60.3 Å². The number of para-hydroxylation sites is 1. The van der Waals surface area contributed by atoms with E-state index in [0.29, 0.717) is 4.90 Å². The van der Waals surface area contributed by atoms with Crippen LogP contribution in [0.1, 0.15) is 5.56 Å². The zero-order chi connectivity index (χ0) is 14.3. The van der Waals surface area contributed by atoms with E-state index in [2.05, 4.69) is 0 Å². The van der Waals surface area contributed by atoms with Gasteiger partial charge in [0.2, 0.25) is 0 Å². The van der Waals surface area contributed by atoms with Crippen LogP contribution in [0.5, 0.6) is 0 Å². The summed E-state index contributed by atoms with van der Waals surface area (Å²) in [7, 11) is -3.51. The van der Waals surface area contributed by atoms with Crippen molar-refractivity contribution >= 4 is 47.0 Å². The van der Waals surface area contributed by atoms with Crippen LogP contribution in [-0.2, 0) is 10.0 Å². The Morgan fingerprint density at radius 3 is 2.35 bits per heavy atom. The molecule has 20 heavy (non-hydrogen) atoms. The Hall–Kier alpha value is -1.27. The molecule has 2 aromatic carbocycles. The minimum atomic E-state index is -3.51. The van der Waals surface area contributed by atoms with Crippen molar-refractivity contribution in [2.75, 3.05) is 0 Å². The molecule has 0 aliphatic carbocycles. The number of aryl methyl sites for hydroxylation is 1. The van der Waals surface area contributed by atoms with Gasteiger partial charge in [-0.25, -0.2) is 0 Å². The Balaban J connectivity index is 2.27. The molecule has 5 heteroatoms. The van der Waals surface area contributed by atoms with Crippen LogP contribution in [0.15, 0.2) is 59.6 Å². The molecule has 1 heterocycles. The molecule has 0 aliphatic rings. The Morgan fingerprint density at radius 1 is 1.00 bits per heavy atom. The van der Waals surface area contributed by atoms with Gasteiger partial charge in [-0.1, -0.05) is 0 Å². The standard InChI is InChI=1S/C15H12NO2S.Sn.3H/c1-12-6-8-14(9-7-12)19(17,18)16-11-10-13-4-2-3-5-15(13)16;;;;/h2-9,11H,1H3;;;;. The van der Waals surface area contributed by atoms with Crippen LogP contribution in [0.25, 0.3) is 10.9 Å². The first-order valence-corrected chi connectivity index (χ1v) is 10.7. The molecule has 1 aromatic heterocycles. The third-order valence-electron chi connectivity index (χ3n) is 3.46. The molecule has 0 radical (unpaired) electrons. The minimum absolute atomic E-state index is 0.253. The van der Waals surface area contributed by atoms with Crippen molar-refractivity contribution in [3.8, 4) is 0 Å². The third kappa shape index (κ3) is 2.16. The van der Waals surface area contributed by atoms with Crippen LogP contribution in [0.2, 0.25) is 0 Å². The van der Waals surface area contributed by atoms with E-state index >= 15 is 0 Å². The summed E-state index contributed by atoms with van der Waals surface area (Å²) in [4.78, 5) is 0.332. The van der Waals surface area contributed by atoms with Crippen LogP contribution < -0.4 is 3.58 Å². The average molecular weight is 392 g/mol.